The molecule has 2 N–H and O–H groups in total. The second-order valence-corrected chi connectivity index (χ2v) is 11.7. The van der Waals surface area contributed by atoms with Gasteiger partial charge in [0, 0.05) is 49.4 Å². The van der Waals surface area contributed by atoms with Crippen molar-refractivity contribution in [1.29, 1.82) is 0 Å². The summed E-state index contributed by atoms with van der Waals surface area (Å²) in [5.74, 6) is 1.34. The summed E-state index contributed by atoms with van der Waals surface area (Å²) in [5, 5.41) is 5.95. The first-order valence-electron chi connectivity index (χ1n) is 14.2. The van der Waals surface area contributed by atoms with Gasteiger partial charge in [0.2, 0.25) is 11.8 Å². The van der Waals surface area contributed by atoms with Crippen molar-refractivity contribution < 1.29 is 19.1 Å². The molecule has 1 saturated heterocycles. The number of rotatable bonds is 4. The highest BCUT2D eigenvalue weighted by Gasteiger charge is 2.52. The number of pyridine rings is 1. The molecular formula is C30H33N5O4. The number of fused-ring (bicyclic) bond motifs is 3. The monoisotopic (exact) mass is 527 g/mol. The van der Waals surface area contributed by atoms with Gasteiger partial charge in [0.1, 0.15) is 23.7 Å². The van der Waals surface area contributed by atoms with Crippen LogP contribution in [0.3, 0.4) is 0 Å². The number of amides is 3. The van der Waals surface area contributed by atoms with Crippen LogP contribution in [0.25, 0.3) is 0 Å². The molecule has 7 rings (SSSR count). The lowest BCUT2D eigenvalue weighted by atomic mass is 9.79. The highest BCUT2D eigenvalue weighted by Crippen LogP contribution is 2.47. The number of aromatic nitrogens is 1. The van der Waals surface area contributed by atoms with E-state index in [1.807, 2.05) is 30.3 Å². The molecule has 9 nitrogen and oxygen atoms in total. The summed E-state index contributed by atoms with van der Waals surface area (Å²) < 4.78 is 5.53. The number of carbonyl (C=O) groups excluding carboxylic acids is 3. The Morgan fingerprint density at radius 2 is 1.87 bits per heavy atom. The molecule has 9 heteroatoms. The Labute approximate surface area is 227 Å². The predicted molar refractivity (Wildman–Crippen MR) is 146 cm³/mol. The van der Waals surface area contributed by atoms with Gasteiger partial charge in [-0.05, 0) is 55.0 Å². The zero-order valence-electron chi connectivity index (χ0n) is 22.0. The lowest BCUT2D eigenvalue weighted by molar-refractivity contribution is -0.136. The van der Waals surface area contributed by atoms with Crippen LogP contribution in [0.2, 0.25) is 0 Å². The molecule has 2 aromatic rings. The third kappa shape index (κ3) is 3.97. The van der Waals surface area contributed by atoms with Crippen LogP contribution >= 0.6 is 0 Å². The fourth-order valence-electron chi connectivity index (χ4n) is 7.23. The van der Waals surface area contributed by atoms with Crippen LogP contribution in [-0.4, -0.2) is 58.7 Å². The highest BCUT2D eigenvalue weighted by atomic mass is 16.5. The number of anilines is 2. The molecule has 2 fully saturated rings. The van der Waals surface area contributed by atoms with Crippen LogP contribution in [0.1, 0.15) is 61.6 Å². The zero-order chi connectivity index (χ0) is 26.6. The van der Waals surface area contributed by atoms with E-state index in [1.165, 1.54) is 6.42 Å². The van der Waals surface area contributed by atoms with Crippen LogP contribution in [0.15, 0.2) is 41.5 Å². The van der Waals surface area contributed by atoms with Crippen molar-refractivity contribution in [2.45, 2.75) is 68.7 Å². The third-order valence-corrected chi connectivity index (χ3v) is 9.30. The lowest BCUT2D eigenvalue weighted by Gasteiger charge is -2.30. The normalized spacial score (nSPS) is 25.5. The Bertz CT molecular complexity index is 1390. The summed E-state index contributed by atoms with van der Waals surface area (Å²) in [6.45, 7) is 0.990. The fraction of sp³-hybridized carbons (Fsp3) is 0.500. The number of carbonyl (C=O) groups is 3. The van der Waals surface area contributed by atoms with Gasteiger partial charge >= 0.3 is 0 Å². The van der Waals surface area contributed by atoms with Gasteiger partial charge in [-0.25, -0.2) is 4.98 Å². The van der Waals surface area contributed by atoms with E-state index in [9.17, 15) is 14.4 Å². The quantitative estimate of drug-likeness (QED) is 0.633. The van der Waals surface area contributed by atoms with E-state index in [0.29, 0.717) is 50.4 Å². The van der Waals surface area contributed by atoms with Gasteiger partial charge in [-0.1, -0.05) is 31.4 Å². The fourth-order valence-corrected chi connectivity index (χ4v) is 7.23. The molecule has 1 atom stereocenters. The SMILES string of the molecule is O=C(CN1C(=O)C2(CCOCC2)N=C1C1CCCCC1)Nc1ccc2c(c1)CC1(C2)C(=O)Nc2ncccc21. The minimum Gasteiger partial charge on any atom is -0.381 e. The van der Waals surface area contributed by atoms with Gasteiger partial charge in [-0.15, -0.1) is 0 Å². The van der Waals surface area contributed by atoms with Crippen molar-refractivity contribution in [3.8, 4) is 0 Å². The standard InChI is InChI=1S/C30H33N5O4/c36-24(18-35-26(19-5-2-1-3-6-19)34-30(28(35)38)10-13-39-14-11-30)32-22-9-8-20-16-29(17-21(20)15-22)23-7-4-12-31-25(23)33-27(29)37/h4,7-9,12,15,19H,1-3,5-6,10-11,13-14,16-18H2,(H,32,36)(H,31,33,37). The maximum absolute atomic E-state index is 13.7. The largest absolute Gasteiger partial charge is 0.381 e. The van der Waals surface area contributed by atoms with E-state index in [1.54, 1.807) is 11.1 Å². The molecule has 4 heterocycles. The minimum atomic E-state index is -0.778. The van der Waals surface area contributed by atoms with E-state index >= 15 is 0 Å². The molecule has 0 bridgehead atoms. The molecule has 202 valence electrons. The average Bonchev–Trinajstić information content (AvgIpc) is 3.56. The van der Waals surface area contributed by atoms with E-state index in [0.717, 1.165) is 48.2 Å². The summed E-state index contributed by atoms with van der Waals surface area (Å²) >= 11 is 0. The van der Waals surface area contributed by atoms with E-state index < -0.39 is 11.0 Å². The number of hydrogen-bond donors (Lipinski definition) is 2. The molecule has 3 amide bonds. The molecule has 1 unspecified atom stereocenters. The van der Waals surface area contributed by atoms with Crippen molar-refractivity contribution >= 4 is 35.1 Å². The Morgan fingerprint density at radius 1 is 1.08 bits per heavy atom. The zero-order valence-corrected chi connectivity index (χ0v) is 22.0. The lowest BCUT2D eigenvalue weighted by Crippen LogP contribution is -2.49. The number of hydrogen-bond acceptors (Lipinski definition) is 6. The maximum Gasteiger partial charge on any atom is 0.256 e. The molecule has 1 aromatic carbocycles. The van der Waals surface area contributed by atoms with Gasteiger partial charge < -0.3 is 15.4 Å². The van der Waals surface area contributed by atoms with E-state index in [4.69, 9.17) is 9.73 Å². The van der Waals surface area contributed by atoms with Gasteiger partial charge in [0.05, 0.1) is 5.41 Å². The van der Waals surface area contributed by atoms with Crippen LogP contribution in [0, 0.1) is 5.92 Å². The Balaban J connectivity index is 1.09. The Kier molecular flexibility index (Phi) is 5.80. The Hall–Kier alpha value is -3.59. The van der Waals surface area contributed by atoms with Crippen LogP contribution < -0.4 is 10.6 Å². The minimum absolute atomic E-state index is 0.0258. The van der Waals surface area contributed by atoms with Crippen molar-refractivity contribution in [3.05, 3.63) is 53.2 Å². The first-order chi connectivity index (χ1) is 19.0. The van der Waals surface area contributed by atoms with Gasteiger partial charge in [0.25, 0.3) is 5.91 Å². The predicted octanol–water partition coefficient (Wildman–Crippen LogP) is 3.38. The van der Waals surface area contributed by atoms with Gasteiger partial charge in [-0.2, -0.15) is 0 Å². The maximum atomic E-state index is 13.7. The number of nitrogens with zero attached hydrogens (tertiary/aromatic N) is 3. The first-order valence-corrected chi connectivity index (χ1v) is 14.2. The number of nitrogens with one attached hydrogen (secondary N) is 2. The topological polar surface area (TPSA) is 113 Å². The van der Waals surface area contributed by atoms with Crippen molar-refractivity contribution in [1.82, 2.24) is 9.88 Å². The average molecular weight is 528 g/mol. The molecule has 1 saturated carbocycles. The Morgan fingerprint density at radius 3 is 2.69 bits per heavy atom. The number of ether oxygens (including phenoxy) is 1. The first kappa shape index (κ1) is 24.5. The molecule has 39 heavy (non-hydrogen) atoms. The second-order valence-electron chi connectivity index (χ2n) is 11.7. The van der Waals surface area contributed by atoms with Gasteiger partial charge in [-0.3, -0.25) is 24.3 Å². The molecule has 2 spiro atoms. The second kappa shape index (κ2) is 9.26. The molecule has 1 aromatic heterocycles. The molecule has 2 aliphatic carbocycles. The van der Waals surface area contributed by atoms with Crippen LogP contribution in [-0.2, 0) is 37.4 Å². The highest BCUT2D eigenvalue weighted by molar-refractivity contribution is 6.12. The number of benzene rings is 1. The van der Waals surface area contributed by atoms with Gasteiger partial charge in [0.15, 0.2) is 0 Å². The summed E-state index contributed by atoms with van der Waals surface area (Å²) in [5.41, 5.74) is 2.32. The summed E-state index contributed by atoms with van der Waals surface area (Å²) in [7, 11) is 0. The summed E-state index contributed by atoms with van der Waals surface area (Å²) in [4.78, 5) is 51.1. The number of amidine groups is 1. The molecule has 3 aliphatic heterocycles. The molecule has 5 aliphatic rings. The van der Waals surface area contributed by atoms with E-state index in [-0.39, 0.29) is 30.2 Å². The third-order valence-electron chi connectivity index (χ3n) is 9.30. The summed E-state index contributed by atoms with van der Waals surface area (Å²) in [6, 6.07) is 9.68. The number of aliphatic imine (C=N–C) groups is 1. The summed E-state index contributed by atoms with van der Waals surface area (Å²) in [6.07, 6.45) is 9.48. The smallest absolute Gasteiger partial charge is 0.256 e. The molecule has 0 radical (unpaired) electrons. The van der Waals surface area contributed by atoms with Crippen molar-refractivity contribution in [2.24, 2.45) is 10.9 Å². The van der Waals surface area contributed by atoms with Crippen LogP contribution in [0.5, 0.6) is 0 Å². The van der Waals surface area contributed by atoms with E-state index in [2.05, 4.69) is 15.6 Å². The molecular weight excluding hydrogens is 494 g/mol. The van der Waals surface area contributed by atoms with Crippen molar-refractivity contribution in [2.75, 3.05) is 30.4 Å². The van der Waals surface area contributed by atoms with Crippen molar-refractivity contribution in [3.63, 3.8) is 0 Å². The van der Waals surface area contributed by atoms with Crippen LogP contribution in [0.4, 0.5) is 11.5 Å².